The molecule has 0 aromatic carbocycles. The van der Waals surface area contributed by atoms with Crippen molar-refractivity contribution < 1.29 is 0 Å². The van der Waals surface area contributed by atoms with Crippen LogP contribution in [0.5, 0.6) is 0 Å². The number of nitrogens with one attached hydrogen (secondary N) is 1. The molecule has 0 aliphatic rings. The van der Waals surface area contributed by atoms with Gasteiger partial charge in [-0.3, -0.25) is 0 Å². The maximum absolute atomic E-state index is 5.76. The van der Waals surface area contributed by atoms with Gasteiger partial charge < -0.3 is 5.32 Å². The van der Waals surface area contributed by atoms with E-state index in [0.717, 1.165) is 11.7 Å². The molecule has 3 nitrogen and oxygen atoms in total. The molecular weight excluding hydrogens is 194 g/mol. The van der Waals surface area contributed by atoms with E-state index in [2.05, 4.69) is 34.8 Å². The lowest BCUT2D eigenvalue weighted by Crippen LogP contribution is -2.21. The van der Waals surface area contributed by atoms with Crippen LogP contribution in [0.25, 0.3) is 0 Å². The van der Waals surface area contributed by atoms with Gasteiger partial charge in [0.2, 0.25) is 0 Å². The minimum absolute atomic E-state index is 0.367. The van der Waals surface area contributed by atoms with Gasteiger partial charge in [0.25, 0.3) is 0 Å². The molecule has 0 amide bonds. The molecule has 0 bridgehead atoms. The molecule has 1 heterocycles. The Labute approximate surface area is 81.5 Å². The van der Waals surface area contributed by atoms with Gasteiger partial charge in [-0.25, -0.2) is 0 Å². The van der Waals surface area contributed by atoms with Crippen LogP contribution in [0.4, 0.5) is 5.82 Å². The van der Waals surface area contributed by atoms with E-state index in [9.17, 15) is 0 Å². The third-order valence-electron chi connectivity index (χ3n) is 1.81. The number of halogens is 1. The molecule has 1 aromatic rings. The van der Waals surface area contributed by atoms with Crippen molar-refractivity contribution in [2.45, 2.75) is 26.8 Å². The van der Waals surface area contributed by atoms with Crippen molar-refractivity contribution in [2.75, 3.05) is 5.32 Å². The largest absolute Gasteiger partial charge is 0.364 e. The molecule has 0 saturated carbocycles. The predicted molar refractivity (Wildman–Crippen MR) is 52.8 cm³/mol. The van der Waals surface area contributed by atoms with Crippen molar-refractivity contribution >= 4 is 29.1 Å². The molecule has 12 heavy (non-hydrogen) atoms. The number of hydrogen-bond donors (Lipinski definition) is 1. The summed E-state index contributed by atoms with van der Waals surface area (Å²) in [4.78, 5) is 0. The number of rotatable bonds is 3. The van der Waals surface area contributed by atoms with Gasteiger partial charge >= 0.3 is 0 Å². The zero-order chi connectivity index (χ0) is 9.14. The zero-order valence-corrected chi connectivity index (χ0v) is 8.91. The maximum Gasteiger partial charge on any atom is 0.186 e. The van der Waals surface area contributed by atoms with E-state index in [0.29, 0.717) is 22.9 Å². The molecule has 68 valence electrons. The van der Waals surface area contributed by atoms with Gasteiger partial charge in [0.05, 0.1) is 11.7 Å². The van der Waals surface area contributed by atoms with Gasteiger partial charge in [-0.05, 0) is 12.8 Å². The van der Waals surface area contributed by atoms with Gasteiger partial charge in [-0.1, -0.05) is 25.4 Å². The molecule has 1 aromatic heterocycles. The Kier molecular flexibility index (Phi) is 3.29. The van der Waals surface area contributed by atoms with Crippen LogP contribution in [0.1, 0.15) is 20.8 Å². The second-order valence-corrected chi connectivity index (χ2v) is 3.97. The van der Waals surface area contributed by atoms with Crippen molar-refractivity contribution in [1.29, 1.82) is 0 Å². The quantitative estimate of drug-likeness (QED) is 0.825. The van der Waals surface area contributed by atoms with E-state index in [1.54, 1.807) is 0 Å². The number of anilines is 1. The summed E-state index contributed by atoms with van der Waals surface area (Å²) in [5.74, 6) is 1.26. The standard InChI is InChI=1S/C7H12ClN3S/c1-4(2)5(3)9-7-6(8)10-12-11-7/h4-5H,1-3H3,(H,9,11)/t5-/m0/s1. The normalized spacial score (nSPS) is 13.4. The molecule has 1 rings (SSSR count). The third kappa shape index (κ3) is 2.32. The molecule has 1 N–H and O–H groups in total. The summed E-state index contributed by atoms with van der Waals surface area (Å²) in [5.41, 5.74) is 0. The van der Waals surface area contributed by atoms with Crippen LogP contribution in [-0.4, -0.2) is 14.8 Å². The molecule has 0 radical (unpaired) electrons. The number of nitrogens with zero attached hydrogens (tertiary/aromatic N) is 2. The Morgan fingerprint density at radius 1 is 1.33 bits per heavy atom. The first-order valence-corrected chi connectivity index (χ1v) is 4.96. The van der Waals surface area contributed by atoms with E-state index in [1.165, 1.54) is 0 Å². The summed E-state index contributed by atoms with van der Waals surface area (Å²) >= 11 is 6.89. The predicted octanol–water partition coefficient (Wildman–Crippen LogP) is 2.65. The lowest BCUT2D eigenvalue weighted by molar-refractivity contribution is 0.559. The van der Waals surface area contributed by atoms with Crippen LogP contribution in [-0.2, 0) is 0 Å². The van der Waals surface area contributed by atoms with Crippen molar-refractivity contribution in [3.63, 3.8) is 0 Å². The lowest BCUT2D eigenvalue weighted by Gasteiger charge is -2.16. The van der Waals surface area contributed by atoms with Crippen LogP contribution < -0.4 is 5.32 Å². The van der Waals surface area contributed by atoms with Crippen molar-refractivity contribution in [3.05, 3.63) is 5.15 Å². The second-order valence-electron chi connectivity index (χ2n) is 3.08. The van der Waals surface area contributed by atoms with E-state index < -0.39 is 0 Å². The highest BCUT2D eigenvalue weighted by atomic mass is 35.5. The van der Waals surface area contributed by atoms with Gasteiger partial charge in [-0.15, -0.1) is 0 Å². The fourth-order valence-corrected chi connectivity index (χ4v) is 1.31. The first-order chi connectivity index (χ1) is 5.61. The monoisotopic (exact) mass is 205 g/mol. The zero-order valence-electron chi connectivity index (χ0n) is 7.34. The van der Waals surface area contributed by atoms with Crippen molar-refractivity contribution in [2.24, 2.45) is 5.92 Å². The maximum atomic E-state index is 5.76. The minimum atomic E-state index is 0.367. The topological polar surface area (TPSA) is 37.8 Å². The Morgan fingerprint density at radius 2 is 2.00 bits per heavy atom. The highest BCUT2D eigenvalue weighted by Crippen LogP contribution is 2.19. The summed E-state index contributed by atoms with van der Waals surface area (Å²) in [6, 6.07) is 0.367. The van der Waals surface area contributed by atoms with E-state index in [1.807, 2.05) is 0 Å². The average molecular weight is 206 g/mol. The summed E-state index contributed by atoms with van der Waals surface area (Å²) < 4.78 is 7.89. The fraction of sp³-hybridized carbons (Fsp3) is 0.714. The third-order valence-corrected chi connectivity index (χ3v) is 2.71. The lowest BCUT2D eigenvalue weighted by atomic mass is 10.1. The summed E-state index contributed by atoms with van der Waals surface area (Å²) in [5, 5.41) is 3.66. The molecule has 0 fully saturated rings. The number of hydrogen-bond acceptors (Lipinski definition) is 4. The highest BCUT2D eigenvalue weighted by molar-refractivity contribution is 6.99. The van der Waals surface area contributed by atoms with Gasteiger partial charge in [0, 0.05) is 6.04 Å². The molecular formula is C7H12ClN3S. The molecule has 0 saturated heterocycles. The molecule has 0 unspecified atom stereocenters. The second kappa shape index (κ2) is 4.05. The Hall–Kier alpha value is -0.350. The van der Waals surface area contributed by atoms with Crippen LogP contribution in [0.15, 0.2) is 0 Å². The summed E-state index contributed by atoms with van der Waals surface area (Å²) in [6.07, 6.45) is 0. The molecule has 0 aliphatic carbocycles. The number of aromatic nitrogens is 2. The SMILES string of the molecule is CC(C)[C@H](C)Nc1nsnc1Cl. The Balaban J connectivity index is 2.58. The smallest absolute Gasteiger partial charge is 0.186 e. The summed E-state index contributed by atoms with van der Waals surface area (Å²) in [6.45, 7) is 6.39. The van der Waals surface area contributed by atoms with Crippen molar-refractivity contribution in [3.8, 4) is 0 Å². The average Bonchev–Trinajstić information content (AvgIpc) is 2.36. The first kappa shape index (κ1) is 9.74. The molecule has 5 heteroatoms. The van der Waals surface area contributed by atoms with Crippen LogP contribution in [0.3, 0.4) is 0 Å². The van der Waals surface area contributed by atoms with E-state index in [-0.39, 0.29) is 0 Å². The Morgan fingerprint density at radius 3 is 2.42 bits per heavy atom. The highest BCUT2D eigenvalue weighted by Gasteiger charge is 2.11. The molecule has 0 aliphatic heterocycles. The van der Waals surface area contributed by atoms with E-state index in [4.69, 9.17) is 11.6 Å². The van der Waals surface area contributed by atoms with Crippen LogP contribution in [0.2, 0.25) is 5.15 Å². The molecule has 0 spiro atoms. The Bertz CT molecular complexity index is 249. The van der Waals surface area contributed by atoms with Gasteiger partial charge in [-0.2, -0.15) is 8.75 Å². The van der Waals surface area contributed by atoms with E-state index >= 15 is 0 Å². The fourth-order valence-electron chi connectivity index (χ4n) is 0.646. The molecule has 1 atom stereocenters. The van der Waals surface area contributed by atoms with Crippen LogP contribution >= 0.6 is 23.3 Å². The van der Waals surface area contributed by atoms with Gasteiger partial charge in [0.1, 0.15) is 0 Å². The van der Waals surface area contributed by atoms with Gasteiger partial charge in [0.15, 0.2) is 11.0 Å². The summed E-state index contributed by atoms with van der Waals surface area (Å²) in [7, 11) is 0. The first-order valence-electron chi connectivity index (χ1n) is 3.86. The minimum Gasteiger partial charge on any atom is -0.364 e. The van der Waals surface area contributed by atoms with Crippen molar-refractivity contribution in [1.82, 2.24) is 8.75 Å². The van der Waals surface area contributed by atoms with Crippen LogP contribution in [0, 0.1) is 5.92 Å².